The number of nitrogens with zero attached hydrogens (tertiary/aromatic N) is 1. The van der Waals surface area contributed by atoms with Gasteiger partial charge in [0.1, 0.15) is 0 Å². The predicted octanol–water partition coefficient (Wildman–Crippen LogP) is 4.49. The first-order valence-corrected chi connectivity index (χ1v) is 13.7. The van der Waals surface area contributed by atoms with Crippen LogP contribution in [0.3, 0.4) is 0 Å². The molecule has 2 N–H and O–H groups in total. The maximum atomic E-state index is 13.3. The van der Waals surface area contributed by atoms with Crippen molar-refractivity contribution in [1.29, 1.82) is 0 Å². The fourth-order valence-corrected chi connectivity index (χ4v) is 5.54. The van der Waals surface area contributed by atoms with E-state index in [9.17, 15) is 18.3 Å². The monoisotopic (exact) mass is 508 g/mol. The lowest BCUT2D eigenvalue weighted by Gasteiger charge is -2.32. The molecule has 0 heterocycles. The van der Waals surface area contributed by atoms with Gasteiger partial charge in [0.15, 0.2) is 0 Å². The van der Waals surface area contributed by atoms with E-state index in [2.05, 4.69) is 4.72 Å². The fraction of sp³-hybridized carbons (Fsp3) is 0.345. The third kappa shape index (κ3) is 7.26. The van der Waals surface area contributed by atoms with Gasteiger partial charge in [0, 0.05) is 19.0 Å². The summed E-state index contributed by atoms with van der Waals surface area (Å²) in [5, 5.41) is 10.8. The molecule has 0 aliphatic carbocycles. The molecule has 0 radical (unpaired) electrons. The Morgan fingerprint density at radius 2 is 1.47 bits per heavy atom. The average Bonchev–Trinajstić information content (AvgIpc) is 2.88. The SMILES string of the molecule is Cc1ccc(S(=O)(=O)N[C@@H](Cc2ccccc2)C[C@H](C)C(=O)N(C)[C@@H](C)[C@@H](O)c2ccccc2)cc1. The third-order valence-corrected chi connectivity index (χ3v) is 8.13. The molecule has 0 fully saturated rings. The number of hydrogen-bond acceptors (Lipinski definition) is 4. The number of aliphatic hydroxyl groups is 1. The average molecular weight is 509 g/mol. The van der Waals surface area contributed by atoms with E-state index in [1.165, 1.54) is 0 Å². The number of benzene rings is 3. The molecule has 0 aliphatic rings. The van der Waals surface area contributed by atoms with Gasteiger partial charge in [-0.25, -0.2) is 13.1 Å². The number of aliphatic hydroxyl groups excluding tert-OH is 1. The summed E-state index contributed by atoms with van der Waals surface area (Å²) in [5.41, 5.74) is 2.70. The van der Waals surface area contributed by atoms with Crippen LogP contribution in [0.2, 0.25) is 0 Å². The van der Waals surface area contributed by atoms with Gasteiger partial charge in [0.2, 0.25) is 15.9 Å². The molecule has 3 aromatic carbocycles. The van der Waals surface area contributed by atoms with Crippen molar-refractivity contribution in [2.24, 2.45) is 5.92 Å². The van der Waals surface area contributed by atoms with Crippen LogP contribution in [0.4, 0.5) is 0 Å². The van der Waals surface area contributed by atoms with Crippen LogP contribution in [-0.2, 0) is 21.2 Å². The molecule has 1 amide bonds. The summed E-state index contributed by atoms with van der Waals surface area (Å²) >= 11 is 0. The van der Waals surface area contributed by atoms with E-state index in [0.29, 0.717) is 12.8 Å². The molecule has 4 atom stereocenters. The van der Waals surface area contributed by atoms with Gasteiger partial charge in [0.25, 0.3) is 0 Å². The normalized spacial score (nSPS) is 15.0. The zero-order valence-corrected chi connectivity index (χ0v) is 22.2. The summed E-state index contributed by atoms with van der Waals surface area (Å²) in [5.74, 6) is -0.611. The van der Waals surface area contributed by atoms with Crippen LogP contribution in [0.15, 0.2) is 89.8 Å². The second kappa shape index (κ2) is 12.3. The smallest absolute Gasteiger partial charge is 0.240 e. The number of carbonyl (C=O) groups excluding carboxylic acids is 1. The molecule has 0 spiro atoms. The number of sulfonamides is 1. The number of carbonyl (C=O) groups is 1. The van der Waals surface area contributed by atoms with Gasteiger partial charge in [-0.1, -0.05) is 85.3 Å². The van der Waals surface area contributed by atoms with E-state index in [-0.39, 0.29) is 10.8 Å². The van der Waals surface area contributed by atoms with E-state index >= 15 is 0 Å². The van der Waals surface area contributed by atoms with Crippen molar-refractivity contribution in [1.82, 2.24) is 9.62 Å². The molecule has 6 nitrogen and oxygen atoms in total. The maximum absolute atomic E-state index is 13.3. The molecule has 0 saturated heterocycles. The second-order valence-corrected chi connectivity index (χ2v) is 11.2. The highest BCUT2D eigenvalue weighted by atomic mass is 32.2. The summed E-state index contributed by atoms with van der Waals surface area (Å²) in [4.78, 5) is 15.1. The van der Waals surface area contributed by atoms with Gasteiger partial charge in [-0.3, -0.25) is 4.79 Å². The van der Waals surface area contributed by atoms with Crippen molar-refractivity contribution in [3.63, 3.8) is 0 Å². The number of hydrogen-bond donors (Lipinski definition) is 2. The van der Waals surface area contributed by atoms with E-state index in [4.69, 9.17) is 0 Å². The minimum atomic E-state index is -3.77. The molecule has 0 aliphatic heterocycles. The van der Waals surface area contributed by atoms with Gasteiger partial charge in [-0.2, -0.15) is 0 Å². The van der Waals surface area contributed by atoms with Gasteiger partial charge in [-0.15, -0.1) is 0 Å². The highest BCUT2D eigenvalue weighted by Gasteiger charge is 2.30. The summed E-state index contributed by atoms with van der Waals surface area (Å²) in [6, 6.07) is 24.7. The predicted molar refractivity (Wildman–Crippen MR) is 143 cm³/mol. The van der Waals surface area contributed by atoms with Gasteiger partial charge < -0.3 is 10.0 Å². The first kappa shape index (κ1) is 27.6. The van der Waals surface area contributed by atoms with E-state index in [1.807, 2.05) is 74.5 Å². The number of rotatable bonds is 11. The maximum Gasteiger partial charge on any atom is 0.240 e. The molecule has 3 aromatic rings. The Labute approximate surface area is 215 Å². The third-order valence-electron chi connectivity index (χ3n) is 6.59. The molecule has 0 saturated carbocycles. The summed E-state index contributed by atoms with van der Waals surface area (Å²) < 4.78 is 29.1. The number of aryl methyl sites for hydroxylation is 1. The first-order valence-electron chi connectivity index (χ1n) is 12.2. The van der Waals surface area contributed by atoms with E-state index in [0.717, 1.165) is 16.7 Å². The van der Waals surface area contributed by atoms with Crippen LogP contribution in [0.1, 0.15) is 43.1 Å². The molecule has 0 bridgehead atoms. The Hall–Kier alpha value is -3.00. The first-order chi connectivity index (χ1) is 17.1. The van der Waals surface area contributed by atoms with Crippen molar-refractivity contribution < 1.29 is 18.3 Å². The Morgan fingerprint density at radius 1 is 0.917 bits per heavy atom. The van der Waals surface area contributed by atoms with Crippen molar-refractivity contribution in [2.75, 3.05) is 7.05 Å². The van der Waals surface area contributed by atoms with Crippen LogP contribution >= 0.6 is 0 Å². The highest BCUT2D eigenvalue weighted by molar-refractivity contribution is 7.89. The van der Waals surface area contributed by atoms with E-state index in [1.54, 1.807) is 43.1 Å². The van der Waals surface area contributed by atoms with Crippen LogP contribution in [0.5, 0.6) is 0 Å². The molecule has 3 rings (SSSR count). The quantitative estimate of drug-likeness (QED) is 0.400. The Morgan fingerprint density at radius 3 is 2.06 bits per heavy atom. The largest absolute Gasteiger partial charge is 0.386 e. The molecule has 0 unspecified atom stereocenters. The number of amides is 1. The topological polar surface area (TPSA) is 86.7 Å². The van der Waals surface area contributed by atoms with Crippen LogP contribution in [0.25, 0.3) is 0 Å². The zero-order valence-electron chi connectivity index (χ0n) is 21.3. The zero-order chi connectivity index (χ0) is 26.3. The van der Waals surface area contributed by atoms with Gasteiger partial charge in [-0.05, 0) is 49.9 Å². The van der Waals surface area contributed by atoms with Crippen molar-refractivity contribution in [3.05, 3.63) is 102 Å². The molecule has 192 valence electrons. The molecular formula is C29H36N2O4S. The minimum Gasteiger partial charge on any atom is -0.386 e. The lowest BCUT2D eigenvalue weighted by molar-refractivity contribution is -0.138. The lowest BCUT2D eigenvalue weighted by atomic mass is 9.95. The Balaban J connectivity index is 1.75. The summed E-state index contributed by atoms with van der Waals surface area (Å²) in [7, 11) is -2.09. The van der Waals surface area contributed by atoms with Crippen LogP contribution in [0, 0.1) is 12.8 Å². The molecular weight excluding hydrogens is 472 g/mol. The van der Waals surface area contributed by atoms with Gasteiger partial charge >= 0.3 is 0 Å². The minimum absolute atomic E-state index is 0.148. The number of likely N-dealkylation sites (N-methyl/N-ethyl adjacent to an activating group) is 1. The van der Waals surface area contributed by atoms with Crippen molar-refractivity contribution >= 4 is 15.9 Å². The molecule has 7 heteroatoms. The molecule has 0 aromatic heterocycles. The second-order valence-electron chi connectivity index (χ2n) is 9.50. The lowest BCUT2D eigenvalue weighted by Crippen LogP contribution is -2.44. The van der Waals surface area contributed by atoms with Crippen LogP contribution < -0.4 is 4.72 Å². The highest BCUT2D eigenvalue weighted by Crippen LogP contribution is 2.23. The van der Waals surface area contributed by atoms with Crippen molar-refractivity contribution in [2.45, 2.75) is 56.7 Å². The standard InChI is InChI=1S/C29H36N2O4S/c1-21-15-17-27(18-16-21)36(34,35)30-26(20-24-11-7-5-8-12-24)19-22(2)29(33)31(4)23(3)28(32)25-13-9-6-10-14-25/h5-18,22-23,26,28,30,32H,19-20H2,1-4H3/t22-,23-,26+,28+/m0/s1. The Bertz CT molecular complexity index is 1220. The number of nitrogens with one attached hydrogen (secondary N) is 1. The fourth-order valence-electron chi connectivity index (χ4n) is 4.29. The Kier molecular flexibility index (Phi) is 9.43. The summed E-state index contributed by atoms with van der Waals surface area (Å²) in [6.45, 7) is 5.52. The molecule has 36 heavy (non-hydrogen) atoms. The van der Waals surface area contributed by atoms with Gasteiger partial charge in [0.05, 0.1) is 17.0 Å². The summed E-state index contributed by atoms with van der Waals surface area (Å²) in [6.07, 6.45) is -0.0558. The van der Waals surface area contributed by atoms with E-state index < -0.39 is 34.1 Å². The van der Waals surface area contributed by atoms with Crippen molar-refractivity contribution in [3.8, 4) is 0 Å². The van der Waals surface area contributed by atoms with Crippen LogP contribution in [-0.4, -0.2) is 43.5 Å².